The molecular weight excluding hydrogens is 450 g/mol. The van der Waals surface area contributed by atoms with Crippen molar-refractivity contribution < 1.29 is 4.79 Å². The van der Waals surface area contributed by atoms with Crippen LogP contribution in [-0.2, 0) is 4.79 Å². The number of halogens is 1. The topological polar surface area (TPSA) is 72.2 Å². The van der Waals surface area contributed by atoms with Crippen LogP contribution in [0.4, 0.5) is 0 Å². The van der Waals surface area contributed by atoms with Crippen molar-refractivity contribution in [3.05, 3.63) is 81.5 Å². The molecule has 9 heteroatoms. The Kier molecular flexibility index (Phi) is 6.81. The molecule has 0 bridgehead atoms. The van der Waals surface area contributed by atoms with Gasteiger partial charge in [0, 0.05) is 21.2 Å². The molecule has 0 saturated heterocycles. The summed E-state index contributed by atoms with van der Waals surface area (Å²) in [5, 5.41) is 16.0. The third kappa shape index (κ3) is 5.22. The Morgan fingerprint density at radius 3 is 2.65 bits per heavy atom. The number of rotatable bonds is 7. The molecule has 2 heterocycles. The van der Waals surface area contributed by atoms with E-state index in [0.717, 1.165) is 21.7 Å². The van der Waals surface area contributed by atoms with Gasteiger partial charge in [0.15, 0.2) is 11.0 Å². The number of thioether (sulfide) groups is 1. The Morgan fingerprint density at radius 2 is 1.94 bits per heavy atom. The maximum Gasteiger partial charge on any atom is 0.250 e. The zero-order valence-corrected chi connectivity index (χ0v) is 18.9. The molecule has 4 rings (SSSR count). The third-order valence-corrected chi connectivity index (χ3v) is 6.49. The second-order valence-corrected chi connectivity index (χ2v) is 8.86. The van der Waals surface area contributed by atoms with Gasteiger partial charge < -0.3 is 0 Å². The van der Waals surface area contributed by atoms with Crippen LogP contribution in [0.2, 0.25) is 5.02 Å². The molecule has 0 saturated carbocycles. The van der Waals surface area contributed by atoms with E-state index in [1.165, 1.54) is 11.8 Å². The highest BCUT2D eigenvalue weighted by molar-refractivity contribution is 7.99. The van der Waals surface area contributed by atoms with Gasteiger partial charge in [-0.15, -0.1) is 21.5 Å². The lowest BCUT2D eigenvalue weighted by Gasteiger charge is -2.10. The molecule has 2 aromatic heterocycles. The molecule has 0 aliphatic heterocycles. The minimum absolute atomic E-state index is 0.159. The Hall–Kier alpha value is -2.94. The van der Waals surface area contributed by atoms with Gasteiger partial charge in [-0.3, -0.25) is 9.36 Å². The number of nitrogens with zero attached hydrogens (tertiary/aromatic N) is 4. The van der Waals surface area contributed by atoms with Crippen molar-refractivity contribution in [2.45, 2.75) is 12.1 Å². The van der Waals surface area contributed by atoms with Crippen LogP contribution >= 0.6 is 34.7 Å². The first-order valence-corrected chi connectivity index (χ1v) is 11.6. The molecule has 0 fully saturated rings. The number of hydrazone groups is 1. The number of benzene rings is 2. The lowest BCUT2D eigenvalue weighted by atomic mass is 10.2. The van der Waals surface area contributed by atoms with Crippen molar-refractivity contribution >= 4 is 46.8 Å². The summed E-state index contributed by atoms with van der Waals surface area (Å²) in [6, 6.07) is 19.2. The minimum Gasteiger partial charge on any atom is -0.272 e. The zero-order valence-electron chi connectivity index (χ0n) is 16.5. The normalized spacial score (nSPS) is 11.2. The number of aryl methyl sites for hydroxylation is 1. The SMILES string of the molecule is Cc1ccsc1C=NNC(=O)CSc1nnc(-c2ccc(Cl)cc2)n1-c1ccccc1. The van der Waals surface area contributed by atoms with Crippen molar-refractivity contribution in [2.24, 2.45) is 5.10 Å². The highest BCUT2D eigenvalue weighted by Gasteiger charge is 2.17. The van der Waals surface area contributed by atoms with Crippen LogP contribution in [0.25, 0.3) is 17.1 Å². The average molecular weight is 468 g/mol. The fourth-order valence-corrected chi connectivity index (χ4v) is 4.46. The van der Waals surface area contributed by atoms with Gasteiger partial charge in [-0.25, -0.2) is 5.43 Å². The molecule has 0 atom stereocenters. The summed E-state index contributed by atoms with van der Waals surface area (Å²) in [7, 11) is 0. The van der Waals surface area contributed by atoms with Crippen LogP contribution in [-0.4, -0.2) is 32.6 Å². The summed E-state index contributed by atoms with van der Waals surface area (Å²) in [4.78, 5) is 13.3. The minimum atomic E-state index is -0.217. The standard InChI is InChI=1S/C22H18ClN5OS2/c1-15-11-12-30-19(15)13-24-25-20(29)14-31-22-27-26-21(16-7-9-17(23)10-8-16)28(22)18-5-3-2-4-6-18/h2-13H,14H2,1H3,(H,25,29). The van der Waals surface area contributed by atoms with Crippen LogP contribution < -0.4 is 5.43 Å². The van der Waals surface area contributed by atoms with E-state index in [4.69, 9.17) is 11.6 Å². The van der Waals surface area contributed by atoms with Crippen molar-refractivity contribution in [3.63, 3.8) is 0 Å². The van der Waals surface area contributed by atoms with Crippen LogP contribution in [0.1, 0.15) is 10.4 Å². The highest BCUT2D eigenvalue weighted by atomic mass is 35.5. The van der Waals surface area contributed by atoms with E-state index < -0.39 is 0 Å². The predicted molar refractivity (Wildman–Crippen MR) is 127 cm³/mol. The molecule has 4 aromatic rings. The number of thiophene rings is 1. The number of hydrogen-bond acceptors (Lipinski definition) is 6. The van der Waals surface area contributed by atoms with Gasteiger partial charge >= 0.3 is 0 Å². The van der Waals surface area contributed by atoms with E-state index in [1.807, 2.05) is 77.5 Å². The summed E-state index contributed by atoms with van der Waals surface area (Å²) in [5.74, 6) is 0.620. The first kappa shape index (κ1) is 21.3. The van der Waals surface area contributed by atoms with E-state index in [9.17, 15) is 4.79 Å². The first-order valence-electron chi connectivity index (χ1n) is 9.37. The van der Waals surface area contributed by atoms with E-state index >= 15 is 0 Å². The summed E-state index contributed by atoms with van der Waals surface area (Å²) >= 11 is 8.90. The maximum absolute atomic E-state index is 12.3. The highest BCUT2D eigenvalue weighted by Crippen LogP contribution is 2.28. The third-order valence-electron chi connectivity index (χ3n) is 4.36. The fourth-order valence-electron chi connectivity index (χ4n) is 2.80. The molecule has 1 N–H and O–H groups in total. The van der Waals surface area contributed by atoms with E-state index in [0.29, 0.717) is 16.0 Å². The van der Waals surface area contributed by atoms with E-state index in [1.54, 1.807) is 17.6 Å². The molecule has 0 radical (unpaired) electrons. The molecule has 0 aliphatic rings. The summed E-state index contributed by atoms with van der Waals surface area (Å²) in [5.41, 5.74) is 5.49. The zero-order chi connectivity index (χ0) is 21.6. The average Bonchev–Trinajstić information content (AvgIpc) is 3.39. The first-order chi connectivity index (χ1) is 15.1. The van der Waals surface area contributed by atoms with Gasteiger partial charge in [0.25, 0.3) is 5.91 Å². The van der Waals surface area contributed by atoms with Gasteiger partial charge in [-0.1, -0.05) is 41.6 Å². The van der Waals surface area contributed by atoms with Gasteiger partial charge in [-0.05, 0) is 60.3 Å². The molecule has 31 heavy (non-hydrogen) atoms. The van der Waals surface area contributed by atoms with Gasteiger partial charge in [0.05, 0.1) is 12.0 Å². The molecule has 1 amide bonds. The molecule has 0 aliphatic carbocycles. The number of carbonyl (C=O) groups is 1. The number of nitrogens with one attached hydrogen (secondary N) is 1. The fraction of sp³-hybridized carbons (Fsp3) is 0.0909. The molecule has 6 nitrogen and oxygen atoms in total. The Morgan fingerprint density at radius 1 is 1.16 bits per heavy atom. The predicted octanol–water partition coefficient (Wildman–Crippen LogP) is 5.20. The van der Waals surface area contributed by atoms with E-state index in [2.05, 4.69) is 20.7 Å². The summed E-state index contributed by atoms with van der Waals surface area (Å²) in [6.07, 6.45) is 1.66. The van der Waals surface area contributed by atoms with Crippen molar-refractivity contribution in [1.29, 1.82) is 0 Å². The Balaban J connectivity index is 1.51. The second-order valence-electron chi connectivity index (χ2n) is 6.53. The van der Waals surface area contributed by atoms with Crippen LogP contribution in [0.5, 0.6) is 0 Å². The summed E-state index contributed by atoms with van der Waals surface area (Å²) in [6.45, 7) is 2.00. The molecule has 0 unspecified atom stereocenters. The number of amides is 1. The summed E-state index contributed by atoms with van der Waals surface area (Å²) < 4.78 is 1.93. The van der Waals surface area contributed by atoms with Crippen LogP contribution in [0.3, 0.4) is 0 Å². The number of aromatic nitrogens is 3. The van der Waals surface area contributed by atoms with Crippen molar-refractivity contribution in [1.82, 2.24) is 20.2 Å². The second kappa shape index (κ2) is 9.91. The Labute approximate surface area is 193 Å². The smallest absolute Gasteiger partial charge is 0.250 e. The quantitative estimate of drug-likeness (QED) is 0.230. The van der Waals surface area contributed by atoms with Crippen LogP contribution in [0, 0.1) is 6.92 Å². The van der Waals surface area contributed by atoms with Gasteiger partial charge in [0.1, 0.15) is 0 Å². The molecule has 0 spiro atoms. The largest absolute Gasteiger partial charge is 0.272 e. The number of para-hydroxylation sites is 1. The molecule has 2 aromatic carbocycles. The molecular formula is C22H18ClN5OS2. The lowest BCUT2D eigenvalue weighted by Crippen LogP contribution is -2.20. The Bertz CT molecular complexity index is 1200. The maximum atomic E-state index is 12.3. The van der Waals surface area contributed by atoms with E-state index in [-0.39, 0.29) is 11.7 Å². The lowest BCUT2D eigenvalue weighted by molar-refractivity contribution is -0.118. The number of carbonyl (C=O) groups excluding carboxylic acids is 1. The molecule has 156 valence electrons. The monoisotopic (exact) mass is 467 g/mol. The van der Waals surface area contributed by atoms with Gasteiger partial charge in [-0.2, -0.15) is 5.10 Å². The number of hydrogen-bond donors (Lipinski definition) is 1. The van der Waals surface area contributed by atoms with Gasteiger partial charge in [0.2, 0.25) is 0 Å². The van der Waals surface area contributed by atoms with Crippen molar-refractivity contribution in [3.8, 4) is 17.1 Å². The van der Waals surface area contributed by atoms with Crippen molar-refractivity contribution in [2.75, 3.05) is 5.75 Å². The van der Waals surface area contributed by atoms with Crippen LogP contribution in [0.15, 0.2) is 76.3 Å².